The first-order valence-corrected chi connectivity index (χ1v) is 5.08. The molecule has 56 valence electrons. The second kappa shape index (κ2) is 2.75. The fourth-order valence-electron chi connectivity index (χ4n) is 0.901. The van der Waals surface area contributed by atoms with E-state index in [9.17, 15) is 0 Å². The van der Waals surface area contributed by atoms with E-state index in [2.05, 4.69) is 27.9 Å². The first kappa shape index (κ1) is 7.00. The van der Waals surface area contributed by atoms with Gasteiger partial charge in [0, 0.05) is 5.38 Å². The van der Waals surface area contributed by atoms with Crippen molar-refractivity contribution in [2.45, 2.75) is 6.92 Å². The number of rotatable bonds is 1. The van der Waals surface area contributed by atoms with Gasteiger partial charge in [-0.25, -0.2) is 4.98 Å². The molecule has 2 aromatic heterocycles. The Balaban J connectivity index is 2.45. The van der Waals surface area contributed by atoms with Crippen molar-refractivity contribution < 1.29 is 0 Å². The van der Waals surface area contributed by atoms with E-state index in [1.165, 1.54) is 4.88 Å². The lowest BCUT2D eigenvalue weighted by molar-refractivity contribution is 1.31. The smallest absolute Gasteiger partial charge is 0.0914 e. The van der Waals surface area contributed by atoms with E-state index in [0.717, 1.165) is 10.7 Å². The average Bonchev–Trinajstić information content (AvgIpc) is 2.55. The van der Waals surface area contributed by atoms with Crippen LogP contribution >= 0.6 is 22.7 Å². The molecule has 2 heterocycles. The van der Waals surface area contributed by atoms with Gasteiger partial charge in [-0.05, 0) is 18.4 Å². The quantitative estimate of drug-likeness (QED) is 0.658. The first-order valence-electron chi connectivity index (χ1n) is 3.32. The van der Waals surface area contributed by atoms with Gasteiger partial charge in [-0.1, -0.05) is 6.07 Å². The first-order chi connectivity index (χ1) is 5.36. The van der Waals surface area contributed by atoms with Gasteiger partial charge in [0.15, 0.2) is 0 Å². The van der Waals surface area contributed by atoms with E-state index in [0.29, 0.717) is 0 Å². The minimum absolute atomic E-state index is 1.11. The predicted octanol–water partition coefficient (Wildman–Crippen LogP) is 3.18. The van der Waals surface area contributed by atoms with Crippen molar-refractivity contribution in [1.82, 2.24) is 4.98 Å². The number of nitrogens with zero attached hydrogens (tertiary/aromatic N) is 1. The zero-order valence-electron chi connectivity index (χ0n) is 6.07. The topological polar surface area (TPSA) is 12.9 Å². The van der Waals surface area contributed by atoms with Gasteiger partial charge in [-0.2, -0.15) is 0 Å². The molecule has 11 heavy (non-hydrogen) atoms. The van der Waals surface area contributed by atoms with Gasteiger partial charge in [0.25, 0.3) is 0 Å². The molecule has 3 heteroatoms. The lowest BCUT2D eigenvalue weighted by Crippen LogP contribution is -1.70. The van der Waals surface area contributed by atoms with Gasteiger partial charge in [0.05, 0.1) is 15.6 Å². The molecule has 0 aliphatic rings. The Labute approximate surface area is 73.4 Å². The summed E-state index contributed by atoms with van der Waals surface area (Å²) in [7, 11) is 0. The van der Waals surface area contributed by atoms with Crippen LogP contribution in [0, 0.1) is 6.92 Å². The molecular formula is C8H7NS2. The predicted molar refractivity (Wildman–Crippen MR) is 50.2 cm³/mol. The Morgan fingerprint density at radius 2 is 2.27 bits per heavy atom. The minimum atomic E-state index is 1.11. The Morgan fingerprint density at radius 1 is 1.36 bits per heavy atom. The summed E-state index contributed by atoms with van der Waals surface area (Å²) < 4.78 is 0. The lowest BCUT2D eigenvalue weighted by atomic mass is 10.4. The monoisotopic (exact) mass is 181 g/mol. The van der Waals surface area contributed by atoms with Crippen LogP contribution in [0.25, 0.3) is 10.6 Å². The summed E-state index contributed by atoms with van der Waals surface area (Å²) in [4.78, 5) is 5.64. The van der Waals surface area contributed by atoms with Gasteiger partial charge in [0.1, 0.15) is 0 Å². The number of hydrogen-bond donors (Lipinski definition) is 0. The van der Waals surface area contributed by atoms with Crippen molar-refractivity contribution in [3.63, 3.8) is 0 Å². The number of hydrogen-bond acceptors (Lipinski definition) is 3. The summed E-state index contributed by atoms with van der Waals surface area (Å²) in [5, 5.41) is 5.30. The maximum Gasteiger partial charge on any atom is 0.0914 e. The molecule has 0 aromatic carbocycles. The molecule has 0 fully saturated rings. The Hall–Kier alpha value is -0.670. The van der Waals surface area contributed by atoms with Crippen LogP contribution in [0.5, 0.6) is 0 Å². The minimum Gasteiger partial charge on any atom is -0.241 e. The highest BCUT2D eigenvalue weighted by atomic mass is 32.1. The summed E-state index contributed by atoms with van der Waals surface area (Å²) in [6.45, 7) is 2.03. The molecule has 2 aromatic rings. The molecule has 0 aliphatic heterocycles. The van der Waals surface area contributed by atoms with Crippen LogP contribution in [0.1, 0.15) is 5.01 Å². The summed E-state index contributed by atoms with van der Waals surface area (Å²) in [5.41, 5.74) is 1.11. The molecule has 0 bridgehead atoms. The molecule has 0 amide bonds. The van der Waals surface area contributed by atoms with Crippen LogP contribution in [0.15, 0.2) is 22.9 Å². The normalized spacial score (nSPS) is 10.3. The van der Waals surface area contributed by atoms with E-state index < -0.39 is 0 Å². The van der Waals surface area contributed by atoms with Gasteiger partial charge < -0.3 is 0 Å². The number of aromatic nitrogens is 1. The number of thiophene rings is 1. The van der Waals surface area contributed by atoms with Gasteiger partial charge in [-0.3, -0.25) is 0 Å². The van der Waals surface area contributed by atoms with Crippen molar-refractivity contribution in [3.05, 3.63) is 27.9 Å². The second-order valence-corrected chi connectivity index (χ2v) is 4.24. The number of aryl methyl sites for hydroxylation is 1. The standard InChI is InChI=1S/C8H7NS2/c1-6-9-7(5-11-6)8-3-2-4-10-8/h2-5H,1H3. The Morgan fingerprint density at radius 3 is 2.82 bits per heavy atom. The zero-order valence-corrected chi connectivity index (χ0v) is 7.71. The molecule has 0 spiro atoms. The van der Waals surface area contributed by atoms with Crippen LogP contribution in [-0.2, 0) is 0 Å². The average molecular weight is 181 g/mol. The van der Waals surface area contributed by atoms with Crippen LogP contribution in [0.3, 0.4) is 0 Å². The summed E-state index contributed by atoms with van der Waals surface area (Å²) in [6.07, 6.45) is 0. The zero-order chi connectivity index (χ0) is 7.68. The molecule has 0 N–H and O–H groups in total. The van der Waals surface area contributed by atoms with E-state index in [1.54, 1.807) is 22.7 Å². The van der Waals surface area contributed by atoms with Crippen LogP contribution in [0.2, 0.25) is 0 Å². The summed E-state index contributed by atoms with van der Waals surface area (Å²) in [5.74, 6) is 0. The maximum atomic E-state index is 4.38. The molecular weight excluding hydrogens is 174 g/mol. The van der Waals surface area contributed by atoms with Crippen molar-refractivity contribution in [2.75, 3.05) is 0 Å². The van der Waals surface area contributed by atoms with Crippen molar-refractivity contribution in [3.8, 4) is 10.6 Å². The van der Waals surface area contributed by atoms with Crippen LogP contribution in [0.4, 0.5) is 0 Å². The maximum absolute atomic E-state index is 4.38. The third kappa shape index (κ3) is 1.34. The van der Waals surface area contributed by atoms with Crippen LogP contribution in [-0.4, -0.2) is 4.98 Å². The largest absolute Gasteiger partial charge is 0.241 e. The number of thiazole rings is 1. The molecule has 0 saturated carbocycles. The lowest BCUT2D eigenvalue weighted by Gasteiger charge is -1.85. The molecule has 0 radical (unpaired) electrons. The molecule has 0 aliphatic carbocycles. The summed E-state index contributed by atoms with van der Waals surface area (Å²) >= 11 is 3.43. The highest BCUT2D eigenvalue weighted by molar-refractivity contribution is 7.14. The molecule has 0 atom stereocenters. The van der Waals surface area contributed by atoms with Crippen LogP contribution < -0.4 is 0 Å². The fourth-order valence-corrected chi connectivity index (χ4v) is 2.27. The third-order valence-corrected chi connectivity index (χ3v) is 3.06. The van der Waals surface area contributed by atoms with E-state index in [-0.39, 0.29) is 0 Å². The SMILES string of the molecule is Cc1nc(-c2cccs2)cs1. The fraction of sp³-hybridized carbons (Fsp3) is 0.125. The molecule has 2 rings (SSSR count). The second-order valence-electron chi connectivity index (χ2n) is 2.23. The highest BCUT2D eigenvalue weighted by Crippen LogP contribution is 2.25. The van der Waals surface area contributed by atoms with E-state index in [1.807, 2.05) is 6.92 Å². The van der Waals surface area contributed by atoms with Gasteiger partial charge in [0.2, 0.25) is 0 Å². The van der Waals surface area contributed by atoms with E-state index >= 15 is 0 Å². The molecule has 1 nitrogen and oxygen atoms in total. The van der Waals surface area contributed by atoms with E-state index in [4.69, 9.17) is 0 Å². The van der Waals surface area contributed by atoms with Crippen molar-refractivity contribution >= 4 is 22.7 Å². The Bertz CT molecular complexity index is 335. The molecule has 0 saturated heterocycles. The third-order valence-electron chi connectivity index (χ3n) is 1.39. The molecule has 0 unspecified atom stereocenters. The van der Waals surface area contributed by atoms with Crippen molar-refractivity contribution in [1.29, 1.82) is 0 Å². The highest BCUT2D eigenvalue weighted by Gasteiger charge is 2.00. The Kier molecular flexibility index (Phi) is 1.75. The summed E-state index contributed by atoms with van der Waals surface area (Å²) in [6, 6.07) is 4.15. The van der Waals surface area contributed by atoms with Gasteiger partial charge in [-0.15, -0.1) is 22.7 Å². The van der Waals surface area contributed by atoms with Gasteiger partial charge >= 0.3 is 0 Å². The van der Waals surface area contributed by atoms with Crippen molar-refractivity contribution in [2.24, 2.45) is 0 Å².